The summed E-state index contributed by atoms with van der Waals surface area (Å²) in [6.45, 7) is 2.52. The summed E-state index contributed by atoms with van der Waals surface area (Å²) < 4.78 is 19.3. The van der Waals surface area contributed by atoms with Gasteiger partial charge < -0.3 is 4.52 Å². The van der Waals surface area contributed by atoms with E-state index in [0.717, 1.165) is 30.8 Å². The third kappa shape index (κ3) is 4.19. The van der Waals surface area contributed by atoms with Gasteiger partial charge in [0.1, 0.15) is 12.5 Å². The molecule has 0 aromatic carbocycles. The fraction of sp³-hybridized carbons (Fsp3) is 0.647. The number of aromatic nitrogens is 4. The second-order valence-electron chi connectivity index (χ2n) is 7.18. The van der Waals surface area contributed by atoms with Crippen molar-refractivity contribution in [3.05, 3.63) is 36.0 Å². The molecule has 2 fully saturated rings. The van der Waals surface area contributed by atoms with Crippen molar-refractivity contribution in [2.45, 2.75) is 50.5 Å². The molecule has 1 saturated carbocycles. The molecule has 2 aromatic rings. The Kier molecular flexibility index (Phi) is 4.72. The van der Waals surface area contributed by atoms with Crippen molar-refractivity contribution in [3.63, 3.8) is 0 Å². The Morgan fingerprint density at radius 2 is 2.12 bits per heavy atom. The van der Waals surface area contributed by atoms with Crippen LogP contribution in [0.4, 0.5) is 4.39 Å². The second-order valence-corrected chi connectivity index (χ2v) is 7.18. The highest BCUT2D eigenvalue weighted by atomic mass is 19.1. The maximum absolute atomic E-state index is 14.0. The highest BCUT2D eigenvalue weighted by molar-refractivity contribution is 5.04. The van der Waals surface area contributed by atoms with Gasteiger partial charge in [-0.1, -0.05) is 5.16 Å². The monoisotopic (exact) mass is 346 g/mol. The fourth-order valence-corrected chi connectivity index (χ4v) is 3.45. The predicted octanol–water partition coefficient (Wildman–Crippen LogP) is 1.78. The molecule has 2 atom stereocenters. The lowest BCUT2D eigenvalue weighted by molar-refractivity contribution is 0.177. The van der Waals surface area contributed by atoms with Gasteiger partial charge in [0.2, 0.25) is 5.89 Å². The van der Waals surface area contributed by atoms with Gasteiger partial charge in [0.05, 0.1) is 6.54 Å². The average molecular weight is 346 g/mol. The molecule has 3 heterocycles. The molecule has 0 spiro atoms. The van der Waals surface area contributed by atoms with Gasteiger partial charge in [-0.15, -0.1) is 0 Å². The Morgan fingerprint density at radius 3 is 2.88 bits per heavy atom. The third-order valence-corrected chi connectivity index (χ3v) is 4.82. The van der Waals surface area contributed by atoms with E-state index in [9.17, 15) is 4.39 Å². The Hall–Kier alpha value is -1.93. The molecular formula is C17H23FN6O. The van der Waals surface area contributed by atoms with E-state index in [1.54, 1.807) is 12.4 Å². The van der Waals surface area contributed by atoms with Crippen LogP contribution in [0, 0.1) is 0 Å². The van der Waals surface area contributed by atoms with Gasteiger partial charge in [-0.25, -0.2) is 14.4 Å². The molecule has 0 radical (unpaired) electrons. The number of rotatable bonds is 7. The maximum Gasteiger partial charge on any atom is 0.229 e. The number of likely N-dealkylation sites (N-methyl/N-ethyl adjacent to an activating group) is 1. The van der Waals surface area contributed by atoms with Crippen molar-refractivity contribution < 1.29 is 8.91 Å². The van der Waals surface area contributed by atoms with Gasteiger partial charge in [0.15, 0.2) is 5.82 Å². The van der Waals surface area contributed by atoms with Crippen LogP contribution in [0.2, 0.25) is 0 Å². The number of likely N-dealkylation sites (tertiary alicyclic amines) is 1. The lowest BCUT2D eigenvalue weighted by atomic mass is 10.2. The first-order valence-corrected chi connectivity index (χ1v) is 8.80. The minimum absolute atomic E-state index is 0.162. The fourth-order valence-electron chi connectivity index (χ4n) is 3.45. The normalized spacial score (nSPS) is 24.3. The van der Waals surface area contributed by atoms with Crippen LogP contribution < -0.4 is 0 Å². The van der Waals surface area contributed by atoms with Crippen molar-refractivity contribution >= 4 is 0 Å². The van der Waals surface area contributed by atoms with E-state index in [2.05, 4.69) is 29.9 Å². The van der Waals surface area contributed by atoms with Gasteiger partial charge in [0, 0.05) is 49.6 Å². The molecule has 1 aliphatic heterocycles. The van der Waals surface area contributed by atoms with Crippen molar-refractivity contribution in [1.29, 1.82) is 0 Å². The highest BCUT2D eigenvalue weighted by Crippen LogP contribution is 2.38. The number of halogens is 1. The van der Waals surface area contributed by atoms with Gasteiger partial charge in [-0.3, -0.25) is 9.80 Å². The summed E-state index contributed by atoms with van der Waals surface area (Å²) in [6.07, 6.45) is 7.16. The van der Waals surface area contributed by atoms with Crippen molar-refractivity contribution in [2.24, 2.45) is 0 Å². The zero-order valence-corrected chi connectivity index (χ0v) is 14.4. The van der Waals surface area contributed by atoms with E-state index >= 15 is 0 Å². The number of hydrogen-bond donors (Lipinski definition) is 0. The van der Waals surface area contributed by atoms with E-state index < -0.39 is 6.17 Å². The summed E-state index contributed by atoms with van der Waals surface area (Å²) in [5, 5.41) is 4.06. The lowest BCUT2D eigenvalue weighted by Gasteiger charge is -2.27. The minimum Gasteiger partial charge on any atom is -0.339 e. The van der Waals surface area contributed by atoms with Crippen LogP contribution in [0.3, 0.4) is 0 Å². The summed E-state index contributed by atoms with van der Waals surface area (Å²) in [7, 11) is 2.02. The van der Waals surface area contributed by atoms with Crippen LogP contribution in [0.25, 0.3) is 0 Å². The molecule has 134 valence electrons. The first-order valence-electron chi connectivity index (χ1n) is 8.80. The zero-order valence-electron chi connectivity index (χ0n) is 14.4. The first-order chi connectivity index (χ1) is 12.2. The molecule has 0 bridgehead atoms. The molecule has 0 amide bonds. The van der Waals surface area contributed by atoms with Gasteiger partial charge in [-0.2, -0.15) is 4.98 Å². The van der Waals surface area contributed by atoms with Crippen molar-refractivity contribution in [3.8, 4) is 0 Å². The smallest absolute Gasteiger partial charge is 0.229 e. The molecule has 4 rings (SSSR count). The zero-order chi connectivity index (χ0) is 17.2. The van der Waals surface area contributed by atoms with Crippen molar-refractivity contribution in [2.75, 3.05) is 20.1 Å². The summed E-state index contributed by atoms with van der Waals surface area (Å²) in [6, 6.07) is 0.162. The van der Waals surface area contributed by atoms with Crippen LogP contribution >= 0.6 is 0 Å². The number of nitrogens with zero attached hydrogens (tertiary/aromatic N) is 6. The summed E-state index contributed by atoms with van der Waals surface area (Å²) in [4.78, 5) is 16.9. The van der Waals surface area contributed by atoms with E-state index in [-0.39, 0.29) is 6.04 Å². The Labute approximate surface area is 146 Å². The Bertz CT molecular complexity index is 691. The van der Waals surface area contributed by atoms with E-state index in [4.69, 9.17) is 4.52 Å². The molecule has 25 heavy (non-hydrogen) atoms. The molecule has 2 aromatic heterocycles. The van der Waals surface area contributed by atoms with E-state index in [1.165, 1.54) is 6.33 Å². The second kappa shape index (κ2) is 7.13. The standard InChI is InChI=1S/C17H23FN6O/c1-23(10-16-21-17(25-22-16)13-2-3-13)9-15-4-14(18)8-24(15)7-12-5-19-11-20-6-12/h5-6,11,13-15H,2-4,7-10H2,1H3/t14-,15-/m0/s1. The Balaban J connectivity index is 1.34. The van der Waals surface area contributed by atoms with Gasteiger partial charge in [0.25, 0.3) is 0 Å². The molecule has 1 saturated heterocycles. The molecule has 7 nitrogen and oxygen atoms in total. The average Bonchev–Trinajstić information content (AvgIpc) is 3.25. The van der Waals surface area contributed by atoms with E-state index in [0.29, 0.717) is 37.8 Å². The SMILES string of the molecule is CN(Cc1noc(C2CC2)n1)C[C@@H]1C[C@H](F)CN1Cc1cncnc1. The highest BCUT2D eigenvalue weighted by Gasteiger charge is 2.33. The molecule has 8 heteroatoms. The predicted molar refractivity (Wildman–Crippen MR) is 88.4 cm³/mol. The third-order valence-electron chi connectivity index (χ3n) is 4.82. The molecular weight excluding hydrogens is 323 g/mol. The topological polar surface area (TPSA) is 71.2 Å². The first kappa shape index (κ1) is 16.5. The van der Waals surface area contributed by atoms with Crippen LogP contribution in [0.1, 0.15) is 42.5 Å². The van der Waals surface area contributed by atoms with Crippen LogP contribution in [-0.2, 0) is 13.1 Å². The summed E-state index contributed by atoms with van der Waals surface area (Å²) >= 11 is 0. The maximum atomic E-state index is 14.0. The van der Waals surface area contributed by atoms with Crippen LogP contribution in [0.5, 0.6) is 0 Å². The summed E-state index contributed by atoms with van der Waals surface area (Å²) in [5.74, 6) is 1.94. The number of hydrogen-bond acceptors (Lipinski definition) is 7. The van der Waals surface area contributed by atoms with Crippen molar-refractivity contribution in [1.82, 2.24) is 29.9 Å². The van der Waals surface area contributed by atoms with Gasteiger partial charge >= 0.3 is 0 Å². The lowest BCUT2D eigenvalue weighted by Crippen LogP contribution is -2.38. The molecule has 2 aliphatic rings. The van der Waals surface area contributed by atoms with Gasteiger partial charge in [-0.05, 0) is 26.3 Å². The van der Waals surface area contributed by atoms with Crippen LogP contribution in [0.15, 0.2) is 23.2 Å². The minimum atomic E-state index is -0.783. The number of alkyl halides is 1. The van der Waals surface area contributed by atoms with E-state index in [1.807, 2.05) is 7.05 Å². The molecule has 0 N–H and O–H groups in total. The molecule has 1 aliphatic carbocycles. The quantitative estimate of drug-likeness (QED) is 0.757. The molecule has 0 unspecified atom stereocenters. The van der Waals surface area contributed by atoms with Crippen LogP contribution in [-0.4, -0.2) is 62.3 Å². The summed E-state index contributed by atoms with van der Waals surface area (Å²) in [5.41, 5.74) is 1.01. The Morgan fingerprint density at radius 1 is 1.32 bits per heavy atom. The largest absolute Gasteiger partial charge is 0.339 e.